The van der Waals surface area contributed by atoms with Gasteiger partial charge in [-0.05, 0) is 36.5 Å². The summed E-state index contributed by atoms with van der Waals surface area (Å²) in [4.78, 5) is 23.9. The van der Waals surface area contributed by atoms with Crippen LogP contribution in [-0.2, 0) is 4.79 Å². The molecule has 1 N–H and O–H groups in total. The monoisotopic (exact) mass is 261 g/mol. The summed E-state index contributed by atoms with van der Waals surface area (Å²) in [5.74, 6) is 0.736. The second kappa shape index (κ2) is 4.62. The van der Waals surface area contributed by atoms with Crippen LogP contribution >= 0.6 is 0 Å². The average Bonchev–Trinajstić information content (AvgIpc) is 3.15. The van der Waals surface area contributed by atoms with Gasteiger partial charge in [-0.2, -0.15) is 0 Å². The van der Waals surface area contributed by atoms with Crippen LogP contribution in [0.4, 0.5) is 5.69 Å². The molecular formula is C13H15N3O3. The van der Waals surface area contributed by atoms with Gasteiger partial charge in [0.1, 0.15) is 6.17 Å². The Morgan fingerprint density at radius 1 is 1.32 bits per heavy atom. The largest absolute Gasteiger partial charge is 0.322 e. The fourth-order valence-electron chi connectivity index (χ4n) is 2.40. The van der Waals surface area contributed by atoms with E-state index in [0.717, 1.165) is 12.1 Å². The van der Waals surface area contributed by atoms with Crippen LogP contribution in [0.1, 0.15) is 24.6 Å². The second-order valence-corrected chi connectivity index (χ2v) is 5.12. The van der Waals surface area contributed by atoms with Crippen molar-refractivity contribution in [3.8, 4) is 0 Å². The van der Waals surface area contributed by atoms with Crippen molar-refractivity contribution in [1.82, 2.24) is 10.2 Å². The van der Waals surface area contributed by atoms with Gasteiger partial charge in [-0.3, -0.25) is 20.2 Å². The molecule has 100 valence electrons. The molecule has 1 atom stereocenters. The van der Waals surface area contributed by atoms with Gasteiger partial charge in [-0.1, -0.05) is 0 Å². The normalized spacial score (nSPS) is 22.8. The maximum atomic E-state index is 11.9. The van der Waals surface area contributed by atoms with Crippen LogP contribution in [0.2, 0.25) is 0 Å². The lowest BCUT2D eigenvalue weighted by Gasteiger charge is -2.24. The minimum atomic E-state index is -0.418. The number of rotatable bonds is 4. The van der Waals surface area contributed by atoms with Crippen LogP contribution in [0.3, 0.4) is 0 Å². The summed E-state index contributed by atoms with van der Waals surface area (Å²) in [5.41, 5.74) is 0.971. The topological polar surface area (TPSA) is 75.5 Å². The van der Waals surface area contributed by atoms with Crippen molar-refractivity contribution in [2.75, 3.05) is 13.1 Å². The predicted molar refractivity (Wildman–Crippen MR) is 68.3 cm³/mol. The van der Waals surface area contributed by atoms with E-state index in [1.165, 1.54) is 25.0 Å². The molecule has 1 aromatic rings. The van der Waals surface area contributed by atoms with Crippen molar-refractivity contribution < 1.29 is 9.72 Å². The predicted octanol–water partition coefficient (Wildman–Crippen LogP) is 1.44. The minimum Gasteiger partial charge on any atom is -0.322 e. The molecule has 2 aliphatic rings. The maximum Gasteiger partial charge on any atom is 0.269 e. The summed E-state index contributed by atoms with van der Waals surface area (Å²) in [6.07, 6.45) is 2.24. The number of hydrogen-bond donors (Lipinski definition) is 1. The molecule has 19 heavy (non-hydrogen) atoms. The molecule has 6 heteroatoms. The molecule has 1 amide bonds. The number of nitrogens with zero attached hydrogens (tertiary/aromatic N) is 2. The van der Waals surface area contributed by atoms with Crippen LogP contribution < -0.4 is 5.32 Å². The van der Waals surface area contributed by atoms with Gasteiger partial charge in [0.25, 0.3) is 5.69 Å². The highest BCUT2D eigenvalue weighted by Gasteiger charge is 2.35. The number of carbonyl (C=O) groups is 1. The lowest BCUT2D eigenvalue weighted by molar-refractivity contribution is -0.384. The molecule has 1 saturated carbocycles. The molecule has 0 aromatic heterocycles. The minimum absolute atomic E-state index is 0.0711. The third-order valence-corrected chi connectivity index (χ3v) is 3.65. The van der Waals surface area contributed by atoms with Gasteiger partial charge in [-0.25, -0.2) is 0 Å². The lowest BCUT2D eigenvalue weighted by Crippen LogP contribution is -2.32. The molecule has 1 heterocycles. The smallest absolute Gasteiger partial charge is 0.269 e. The molecule has 1 saturated heterocycles. The molecule has 1 aromatic carbocycles. The number of carbonyl (C=O) groups excluding carboxylic acids is 1. The first kappa shape index (κ1) is 12.1. The Hall–Kier alpha value is -1.95. The van der Waals surface area contributed by atoms with Gasteiger partial charge in [0.2, 0.25) is 5.91 Å². The zero-order valence-electron chi connectivity index (χ0n) is 10.4. The number of nitro groups is 1. The maximum absolute atomic E-state index is 11.9. The van der Waals surface area contributed by atoms with E-state index in [9.17, 15) is 14.9 Å². The molecule has 6 nitrogen and oxygen atoms in total. The Morgan fingerprint density at radius 3 is 2.58 bits per heavy atom. The summed E-state index contributed by atoms with van der Waals surface area (Å²) in [6.45, 7) is 1.13. The van der Waals surface area contributed by atoms with E-state index < -0.39 is 4.92 Å². The molecular weight excluding hydrogens is 246 g/mol. The van der Waals surface area contributed by atoms with Gasteiger partial charge in [0.15, 0.2) is 0 Å². The van der Waals surface area contributed by atoms with Crippen LogP contribution in [-0.4, -0.2) is 28.8 Å². The van der Waals surface area contributed by atoms with Gasteiger partial charge >= 0.3 is 0 Å². The molecule has 0 bridgehead atoms. The van der Waals surface area contributed by atoms with E-state index in [2.05, 4.69) is 5.32 Å². The molecule has 1 unspecified atom stereocenters. The quantitative estimate of drug-likeness (QED) is 0.657. The van der Waals surface area contributed by atoms with E-state index in [0.29, 0.717) is 12.5 Å². The third kappa shape index (κ3) is 2.44. The zero-order chi connectivity index (χ0) is 13.4. The first-order valence-electron chi connectivity index (χ1n) is 6.42. The Bertz CT molecular complexity index is 510. The van der Waals surface area contributed by atoms with E-state index in [-0.39, 0.29) is 17.8 Å². The fraction of sp³-hybridized carbons (Fsp3) is 0.462. The van der Waals surface area contributed by atoms with Crippen LogP contribution in [0.15, 0.2) is 24.3 Å². The van der Waals surface area contributed by atoms with Crippen molar-refractivity contribution in [2.24, 2.45) is 5.92 Å². The Balaban J connectivity index is 1.79. The first-order chi connectivity index (χ1) is 9.15. The number of nitrogens with one attached hydrogen (secondary N) is 1. The van der Waals surface area contributed by atoms with Crippen molar-refractivity contribution >= 4 is 11.6 Å². The van der Waals surface area contributed by atoms with E-state index in [1.807, 2.05) is 4.90 Å². The summed E-state index contributed by atoms with van der Waals surface area (Å²) in [7, 11) is 0. The number of hydrogen-bond acceptors (Lipinski definition) is 4. The Labute approximate surface area is 110 Å². The Kier molecular flexibility index (Phi) is 2.94. The highest BCUT2D eigenvalue weighted by Crippen LogP contribution is 2.33. The van der Waals surface area contributed by atoms with Crippen molar-refractivity contribution in [2.45, 2.75) is 19.0 Å². The molecule has 3 rings (SSSR count). The summed E-state index contributed by atoms with van der Waals surface area (Å²) in [6, 6.07) is 6.40. The second-order valence-electron chi connectivity index (χ2n) is 5.12. The number of nitro benzene ring substituents is 1. The molecule has 1 aliphatic carbocycles. The molecule has 1 aliphatic heterocycles. The molecule has 0 spiro atoms. The third-order valence-electron chi connectivity index (χ3n) is 3.65. The summed E-state index contributed by atoms with van der Waals surface area (Å²) in [5, 5.41) is 13.8. The van der Waals surface area contributed by atoms with Gasteiger partial charge in [0, 0.05) is 18.7 Å². The number of non-ortho nitro benzene ring substituents is 1. The van der Waals surface area contributed by atoms with Crippen LogP contribution in [0.25, 0.3) is 0 Å². The first-order valence-corrected chi connectivity index (χ1v) is 6.42. The van der Waals surface area contributed by atoms with Gasteiger partial charge in [-0.15, -0.1) is 0 Å². The fourth-order valence-corrected chi connectivity index (χ4v) is 2.40. The van der Waals surface area contributed by atoms with Gasteiger partial charge in [0.05, 0.1) is 11.5 Å². The van der Waals surface area contributed by atoms with Crippen molar-refractivity contribution in [1.29, 1.82) is 0 Å². The zero-order valence-corrected chi connectivity index (χ0v) is 10.4. The van der Waals surface area contributed by atoms with Crippen molar-refractivity contribution in [3.05, 3.63) is 39.9 Å². The lowest BCUT2D eigenvalue weighted by atomic mass is 10.1. The highest BCUT2D eigenvalue weighted by molar-refractivity contribution is 5.81. The molecule has 0 radical (unpaired) electrons. The SMILES string of the molecule is O=C1CNC(c2ccc([N+](=O)[O-])cc2)N1CC1CC1. The van der Waals surface area contributed by atoms with E-state index >= 15 is 0 Å². The summed E-state index contributed by atoms with van der Waals surface area (Å²) < 4.78 is 0. The van der Waals surface area contributed by atoms with E-state index in [4.69, 9.17) is 0 Å². The van der Waals surface area contributed by atoms with Crippen molar-refractivity contribution in [3.63, 3.8) is 0 Å². The standard InChI is InChI=1S/C13H15N3O3/c17-12-7-14-13(15(12)8-9-1-2-9)10-3-5-11(6-4-10)16(18)19/h3-6,9,13-14H,1-2,7-8H2. The Morgan fingerprint density at radius 2 is 2.00 bits per heavy atom. The summed E-state index contributed by atoms with van der Waals surface area (Å²) >= 11 is 0. The average molecular weight is 261 g/mol. The van der Waals surface area contributed by atoms with Gasteiger partial charge < -0.3 is 4.90 Å². The number of amides is 1. The van der Waals surface area contributed by atoms with Crippen LogP contribution in [0.5, 0.6) is 0 Å². The molecule has 2 fully saturated rings. The number of benzene rings is 1. The highest BCUT2D eigenvalue weighted by atomic mass is 16.6. The van der Waals surface area contributed by atoms with Crippen LogP contribution in [0, 0.1) is 16.0 Å². The van der Waals surface area contributed by atoms with E-state index in [1.54, 1.807) is 12.1 Å².